The topological polar surface area (TPSA) is 62.7 Å². The van der Waals surface area contributed by atoms with Crippen LogP contribution in [0.4, 0.5) is 17.6 Å². The van der Waals surface area contributed by atoms with E-state index >= 15 is 0 Å². The number of ether oxygens (including phenoxy) is 1. The molecule has 0 aromatic heterocycles. The number of benzene rings is 1. The van der Waals surface area contributed by atoms with Gasteiger partial charge in [0.2, 0.25) is 0 Å². The van der Waals surface area contributed by atoms with E-state index in [4.69, 9.17) is 0 Å². The lowest BCUT2D eigenvalue weighted by Crippen LogP contribution is -2.37. The van der Waals surface area contributed by atoms with Gasteiger partial charge in [-0.2, -0.15) is 0 Å². The molecule has 9 heteroatoms. The number of amides is 1. The highest BCUT2D eigenvalue weighted by atomic mass is 19.4. The maximum Gasteiger partial charge on any atom is 0.573 e. The quantitative estimate of drug-likeness (QED) is 0.825. The lowest BCUT2D eigenvalue weighted by Gasteiger charge is -2.19. The molecule has 0 bridgehead atoms. The van der Waals surface area contributed by atoms with Gasteiger partial charge in [0.05, 0.1) is 18.4 Å². The van der Waals surface area contributed by atoms with Crippen molar-refractivity contribution in [1.29, 1.82) is 0 Å². The molecule has 2 N–H and O–H groups in total. The predicted molar refractivity (Wildman–Crippen MR) is 78.8 cm³/mol. The monoisotopic (exact) mass is 345 g/mol. The van der Waals surface area contributed by atoms with Crippen LogP contribution in [0.5, 0.6) is 5.75 Å². The van der Waals surface area contributed by atoms with Crippen molar-refractivity contribution in [3.8, 4) is 5.75 Å². The molecule has 0 saturated heterocycles. The van der Waals surface area contributed by atoms with Gasteiger partial charge in [0.1, 0.15) is 17.3 Å². The lowest BCUT2D eigenvalue weighted by molar-refractivity contribution is -0.274. The summed E-state index contributed by atoms with van der Waals surface area (Å²) in [4.78, 5) is 16.1. The van der Waals surface area contributed by atoms with Crippen LogP contribution in [0.25, 0.3) is 0 Å². The molecule has 1 heterocycles. The molecule has 1 atom stereocenters. The van der Waals surface area contributed by atoms with Crippen LogP contribution in [-0.2, 0) is 4.79 Å². The van der Waals surface area contributed by atoms with Crippen LogP contribution >= 0.6 is 0 Å². The third kappa shape index (κ3) is 4.71. The number of aliphatic imine (C=N–C) groups is 1. The van der Waals surface area contributed by atoms with Crippen molar-refractivity contribution in [2.24, 2.45) is 4.99 Å². The van der Waals surface area contributed by atoms with Crippen molar-refractivity contribution >= 4 is 11.7 Å². The number of nitrogens with zero attached hydrogens (tertiary/aromatic N) is 1. The highest BCUT2D eigenvalue weighted by Gasteiger charge is 2.31. The highest BCUT2D eigenvalue weighted by molar-refractivity contribution is 5.99. The fraction of sp³-hybridized carbons (Fsp3) is 0.333. The number of carbonyl (C=O) groups excluding carboxylic acids is 1. The normalized spacial score (nSPS) is 15.8. The standard InChI is InChI=1S/C15H15F4N3O2/c1-8(21-14(23)13-5-6-20-9(2)22-13)11-4-3-10(7-12(11)16)24-15(17,18)19/h3-5,7-8H,6H2,1-2H3,(H,20,22)(H,21,23)/t8-/m1/s1. The zero-order valence-electron chi connectivity index (χ0n) is 12.9. The van der Waals surface area contributed by atoms with E-state index in [0.717, 1.165) is 12.1 Å². The molecule has 1 amide bonds. The SMILES string of the molecule is CC1=NCC=C(C(=O)N[C@H](C)c2ccc(OC(F)(F)F)cc2F)N1. The van der Waals surface area contributed by atoms with Gasteiger partial charge in [0.15, 0.2) is 0 Å². The van der Waals surface area contributed by atoms with Crippen molar-refractivity contribution in [3.63, 3.8) is 0 Å². The Morgan fingerprint density at radius 1 is 1.42 bits per heavy atom. The fourth-order valence-corrected chi connectivity index (χ4v) is 2.12. The molecule has 0 spiro atoms. The number of nitrogens with one attached hydrogen (secondary N) is 2. The van der Waals surface area contributed by atoms with Gasteiger partial charge in [-0.15, -0.1) is 13.2 Å². The van der Waals surface area contributed by atoms with E-state index in [0.29, 0.717) is 18.4 Å². The molecule has 1 aromatic carbocycles. The van der Waals surface area contributed by atoms with Crippen molar-refractivity contribution in [2.75, 3.05) is 6.54 Å². The summed E-state index contributed by atoms with van der Waals surface area (Å²) in [5, 5.41) is 5.35. The molecule has 5 nitrogen and oxygen atoms in total. The van der Waals surface area contributed by atoms with E-state index in [2.05, 4.69) is 20.4 Å². The molecule has 1 aliphatic heterocycles. The molecule has 0 radical (unpaired) electrons. The maximum atomic E-state index is 14.0. The minimum Gasteiger partial charge on any atom is -0.406 e. The van der Waals surface area contributed by atoms with Crippen molar-refractivity contribution in [1.82, 2.24) is 10.6 Å². The first-order chi connectivity index (χ1) is 11.2. The number of halogens is 4. The lowest BCUT2D eigenvalue weighted by atomic mass is 10.1. The van der Waals surface area contributed by atoms with Gasteiger partial charge in [0.25, 0.3) is 5.91 Å². The first-order valence-electron chi connectivity index (χ1n) is 7.00. The van der Waals surface area contributed by atoms with Crippen LogP contribution in [-0.4, -0.2) is 24.6 Å². The second-order valence-corrected chi connectivity index (χ2v) is 5.10. The summed E-state index contributed by atoms with van der Waals surface area (Å²) in [6.45, 7) is 3.57. The molecule has 0 aliphatic carbocycles. The van der Waals surface area contributed by atoms with Gasteiger partial charge < -0.3 is 15.4 Å². The summed E-state index contributed by atoms with van der Waals surface area (Å²) in [5.41, 5.74) is 0.325. The number of hydrogen-bond donors (Lipinski definition) is 2. The summed E-state index contributed by atoms with van der Waals surface area (Å²) in [5.74, 6) is -1.46. The first kappa shape index (κ1) is 17.8. The largest absolute Gasteiger partial charge is 0.573 e. The van der Waals surface area contributed by atoms with Crippen molar-refractivity contribution < 1.29 is 27.1 Å². The summed E-state index contributed by atoms with van der Waals surface area (Å²) in [6.07, 6.45) is -3.32. The number of amidine groups is 1. The minimum absolute atomic E-state index is 0.0414. The molecular formula is C15H15F4N3O2. The molecule has 130 valence electrons. The Morgan fingerprint density at radius 3 is 2.71 bits per heavy atom. The minimum atomic E-state index is -4.90. The third-order valence-electron chi connectivity index (χ3n) is 3.20. The highest BCUT2D eigenvalue weighted by Crippen LogP contribution is 2.26. The smallest absolute Gasteiger partial charge is 0.406 e. The molecule has 0 saturated carbocycles. The molecule has 0 unspecified atom stereocenters. The Hall–Kier alpha value is -2.58. The molecular weight excluding hydrogens is 330 g/mol. The third-order valence-corrected chi connectivity index (χ3v) is 3.20. The number of hydrogen-bond acceptors (Lipinski definition) is 4. The van der Waals surface area contributed by atoms with Gasteiger partial charge in [0, 0.05) is 11.6 Å². The van der Waals surface area contributed by atoms with E-state index in [9.17, 15) is 22.4 Å². The fourth-order valence-electron chi connectivity index (χ4n) is 2.12. The second kappa shape index (κ2) is 6.90. The predicted octanol–water partition coefficient (Wildman–Crippen LogP) is 2.81. The Kier molecular flexibility index (Phi) is 5.10. The molecule has 0 fully saturated rings. The van der Waals surface area contributed by atoms with Gasteiger partial charge in [-0.25, -0.2) is 4.39 Å². The van der Waals surface area contributed by atoms with E-state index < -0.39 is 29.9 Å². The van der Waals surface area contributed by atoms with E-state index in [-0.39, 0.29) is 11.3 Å². The summed E-state index contributed by atoms with van der Waals surface area (Å²) >= 11 is 0. The summed E-state index contributed by atoms with van der Waals surface area (Å²) in [6, 6.07) is 2.00. The van der Waals surface area contributed by atoms with Crippen LogP contribution in [0, 0.1) is 5.82 Å². The van der Waals surface area contributed by atoms with Crippen molar-refractivity contribution in [3.05, 3.63) is 41.4 Å². The van der Waals surface area contributed by atoms with Gasteiger partial charge in [-0.1, -0.05) is 6.07 Å². The van der Waals surface area contributed by atoms with E-state index in [1.165, 1.54) is 6.92 Å². The zero-order valence-corrected chi connectivity index (χ0v) is 12.9. The molecule has 2 rings (SSSR count). The van der Waals surface area contributed by atoms with Gasteiger partial charge in [-0.05, 0) is 26.0 Å². The van der Waals surface area contributed by atoms with Crippen molar-refractivity contribution in [2.45, 2.75) is 26.3 Å². The molecule has 1 aromatic rings. The van der Waals surface area contributed by atoms with E-state index in [1.807, 2.05) is 0 Å². The van der Waals surface area contributed by atoms with Crippen LogP contribution in [0.15, 0.2) is 35.0 Å². The van der Waals surface area contributed by atoms with Crippen LogP contribution in [0.2, 0.25) is 0 Å². The molecule has 24 heavy (non-hydrogen) atoms. The van der Waals surface area contributed by atoms with E-state index in [1.54, 1.807) is 13.0 Å². The van der Waals surface area contributed by atoms with Crippen LogP contribution < -0.4 is 15.4 Å². The average Bonchev–Trinajstić information content (AvgIpc) is 2.45. The Balaban J connectivity index is 2.06. The van der Waals surface area contributed by atoms with Crippen LogP contribution in [0.1, 0.15) is 25.5 Å². The second-order valence-electron chi connectivity index (χ2n) is 5.10. The zero-order chi connectivity index (χ0) is 17.9. The maximum absolute atomic E-state index is 14.0. The summed E-state index contributed by atoms with van der Waals surface area (Å²) < 4.78 is 54.0. The average molecular weight is 345 g/mol. The number of rotatable bonds is 4. The Labute approximate surface area is 135 Å². The Morgan fingerprint density at radius 2 is 2.12 bits per heavy atom. The van der Waals surface area contributed by atoms with Gasteiger partial charge >= 0.3 is 6.36 Å². The van der Waals surface area contributed by atoms with Crippen LogP contribution in [0.3, 0.4) is 0 Å². The summed E-state index contributed by atoms with van der Waals surface area (Å²) in [7, 11) is 0. The first-order valence-corrected chi connectivity index (χ1v) is 7.00. The number of alkyl halides is 3. The molecule has 1 aliphatic rings. The number of carbonyl (C=O) groups is 1. The Bertz CT molecular complexity index is 698. The van der Waals surface area contributed by atoms with Gasteiger partial charge in [-0.3, -0.25) is 9.79 Å².